The molecule has 6 heteroatoms. The largest absolute Gasteiger partial charge is 0.494 e. The zero-order valence-corrected chi connectivity index (χ0v) is 14.5. The fourth-order valence-electron chi connectivity index (χ4n) is 2.15. The second-order valence-corrected chi connectivity index (χ2v) is 5.54. The smallest absolute Gasteiger partial charge is 0.243 e. The standard InChI is InChI=1S/C19H23N3O3/c1-3-11-25-18-9-7-15(8-10-18)22-19(24)13-20-16-5-4-6-17(12-16)21-14(2)23/h4-10,12,20H,3,11,13H2,1-2H3,(H,21,23)(H,22,24). The Balaban J connectivity index is 1.83. The van der Waals surface area contributed by atoms with Gasteiger partial charge in [0.15, 0.2) is 0 Å². The number of rotatable bonds is 8. The Morgan fingerprint density at radius 3 is 2.36 bits per heavy atom. The summed E-state index contributed by atoms with van der Waals surface area (Å²) in [5.74, 6) is 0.487. The van der Waals surface area contributed by atoms with Gasteiger partial charge in [-0.3, -0.25) is 9.59 Å². The molecule has 0 bridgehead atoms. The van der Waals surface area contributed by atoms with E-state index >= 15 is 0 Å². The third-order valence-electron chi connectivity index (χ3n) is 3.25. The van der Waals surface area contributed by atoms with Gasteiger partial charge in [-0.1, -0.05) is 13.0 Å². The van der Waals surface area contributed by atoms with Gasteiger partial charge < -0.3 is 20.7 Å². The predicted molar refractivity (Wildman–Crippen MR) is 100 cm³/mol. The summed E-state index contributed by atoms with van der Waals surface area (Å²) in [5, 5.41) is 8.55. The second-order valence-electron chi connectivity index (χ2n) is 5.54. The van der Waals surface area contributed by atoms with E-state index in [1.807, 2.05) is 25.1 Å². The van der Waals surface area contributed by atoms with E-state index in [4.69, 9.17) is 4.74 Å². The van der Waals surface area contributed by atoms with Gasteiger partial charge in [-0.2, -0.15) is 0 Å². The maximum absolute atomic E-state index is 12.0. The van der Waals surface area contributed by atoms with Crippen LogP contribution in [0.4, 0.5) is 17.1 Å². The monoisotopic (exact) mass is 341 g/mol. The lowest BCUT2D eigenvalue weighted by molar-refractivity contribution is -0.115. The van der Waals surface area contributed by atoms with E-state index in [-0.39, 0.29) is 18.4 Å². The Hall–Kier alpha value is -3.02. The van der Waals surface area contributed by atoms with Crippen molar-refractivity contribution >= 4 is 28.9 Å². The molecule has 0 unspecified atom stereocenters. The number of anilines is 3. The van der Waals surface area contributed by atoms with Crippen molar-refractivity contribution in [3.05, 3.63) is 48.5 Å². The number of nitrogens with one attached hydrogen (secondary N) is 3. The lowest BCUT2D eigenvalue weighted by Crippen LogP contribution is -2.21. The molecule has 3 N–H and O–H groups in total. The first-order valence-corrected chi connectivity index (χ1v) is 8.21. The summed E-state index contributed by atoms with van der Waals surface area (Å²) in [4.78, 5) is 23.1. The third kappa shape index (κ3) is 6.55. The SMILES string of the molecule is CCCOc1ccc(NC(=O)CNc2cccc(NC(C)=O)c2)cc1. The highest BCUT2D eigenvalue weighted by Gasteiger charge is 2.04. The molecule has 0 spiro atoms. The zero-order chi connectivity index (χ0) is 18.1. The molecule has 2 aromatic carbocycles. The molecule has 0 aliphatic carbocycles. The predicted octanol–water partition coefficient (Wildman–Crippen LogP) is 3.48. The molecule has 2 aromatic rings. The van der Waals surface area contributed by atoms with Gasteiger partial charge in [-0.05, 0) is 48.9 Å². The van der Waals surface area contributed by atoms with Crippen LogP contribution in [0.15, 0.2) is 48.5 Å². The van der Waals surface area contributed by atoms with Gasteiger partial charge in [0.25, 0.3) is 0 Å². The molecule has 0 saturated carbocycles. The van der Waals surface area contributed by atoms with E-state index in [1.165, 1.54) is 6.92 Å². The normalized spacial score (nSPS) is 10.0. The minimum atomic E-state index is -0.160. The Bertz CT molecular complexity index is 714. The van der Waals surface area contributed by atoms with Crippen LogP contribution in [-0.4, -0.2) is 25.0 Å². The Morgan fingerprint density at radius 2 is 1.68 bits per heavy atom. The van der Waals surface area contributed by atoms with Gasteiger partial charge in [0.1, 0.15) is 5.75 Å². The van der Waals surface area contributed by atoms with Crippen LogP contribution in [0.2, 0.25) is 0 Å². The molecule has 0 aromatic heterocycles. The Morgan fingerprint density at radius 1 is 0.960 bits per heavy atom. The molecule has 0 aliphatic rings. The summed E-state index contributed by atoms with van der Waals surface area (Å²) in [5.41, 5.74) is 2.15. The van der Waals surface area contributed by atoms with Gasteiger partial charge in [0.2, 0.25) is 11.8 Å². The van der Waals surface area contributed by atoms with Crippen molar-refractivity contribution in [2.45, 2.75) is 20.3 Å². The second kappa shape index (κ2) is 9.32. The summed E-state index contributed by atoms with van der Waals surface area (Å²) in [6.45, 7) is 4.30. The van der Waals surface area contributed by atoms with Crippen molar-refractivity contribution in [1.82, 2.24) is 0 Å². The summed E-state index contributed by atoms with van der Waals surface area (Å²) in [6, 6.07) is 14.5. The maximum Gasteiger partial charge on any atom is 0.243 e. The van der Waals surface area contributed by atoms with Crippen LogP contribution < -0.4 is 20.7 Å². The first-order valence-electron chi connectivity index (χ1n) is 8.21. The molecule has 2 rings (SSSR count). The summed E-state index contributed by atoms with van der Waals surface area (Å²) >= 11 is 0. The van der Waals surface area contributed by atoms with E-state index in [0.717, 1.165) is 17.9 Å². The first kappa shape index (κ1) is 18.3. The number of hydrogen-bond acceptors (Lipinski definition) is 4. The van der Waals surface area contributed by atoms with Crippen LogP contribution in [0.3, 0.4) is 0 Å². The van der Waals surface area contributed by atoms with Crippen molar-refractivity contribution in [2.24, 2.45) is 0 Å². The molecule has 0 saturated heterocycles. The zero-order valence-electron chi connectivity index (χ0n) is 14.5. The fourth-order valence-corrected chi connectivity index (χ4v) is 2.15. The van der Waals surface area contributed by atoms with Gasteiger partial charge in [-0.15, -0.1) is 0 Å². The number of amides is 2. The topological polar surface area (TPSA) is 79.5 Å². The molecule has 0 aliphatic heterocycles. The lowest BCUT2D eigenvalue weighted by atomic mass is 10.2. The number of carbonyl (C=O) groups excluding carboxylic acids is 2. The minimum Gasteiger partial charge on any atom is -0.494 e. The molecule has 2 amide bonds. The van der Waals surface area contributed by atoms with Gasteiger partial charge in [0, 0.05) is 24.0 Å². The number of hydrogen-bond donors (Lipinski definition) is 3. The van der Waals surface area contributed by atoms with E-state index in [0.29, 0.717) is 18.0 Å². The molecule has 0 heterocycles. The Kier molecular flexibility index (Phi) is 6.83. The average molecular weight is 341 g/mol. The first-order chi connectivity index (χ1) is 12.1. The molecule has 0 atom stereocenters. The molecule has 6 nitrogen and oxygen atoms in total. The molecular formula is C19H23N3O3. The van der Waals surface area contributed by atoms with Crippen LogP contribution >= 0.6 is 0 Å². The van der Waals surface area contributed by atoms with Crippen molar-refractivity contribution < 1.29 is 14.3 Å². The molecule has 25 heavy (non-hydrogen) atoms. The van der Waals surface area contributed by atoms with E-state index in [1.54, 1.807) is 30.3 Å². The molecule has 0 radical (unpaired) electrons. The molecular weight excluding hydrogens is 318 g/mol. The number of benzene rings is 2. The number of carbonyl (C=O) groups is 2. The van der Waals surface area contributed by atoms with Gasteiger partial charge in [-0.25, -0.2) is 0 Å². The van der Waals surface area contributed by atoms with Crippen molar-refractivity contribution in [3.63, 3.8) is 0 Å². The molecule has 132 valence electrons. The van der Waals surface area contributed by atoms with E-state index in [2.05, 4.69) is 16.0 Å². The summed E-state index contributed by atoms with van der Waals surface area (Å²) in [6.07, 6.45) is 0.952. The highest BCUT2D eigenvalue weighted by atomic mass is 16.5. The highest BCUT2D eigenvalue weighted by molar-refractivity contribution is 5.94. The minimum absolute atomic E-state index is 0.123. The maximum atomic E-state index is 12.0. The van der Waals surface area contributed by atoms with Gasteiger partial charge in [0.05, 0.1) is 13.2 Å². The van der Waals surface area contributed by atoms with Crippen molar-refractivity contribution in [1.29, 1.82) is 0 Å². The highest BCUT2D eigenvalue weighted by Crippen LogP contribution is 2.17. The van der Waals surface area contributed by atoms with Gasteiger partial charge >= 0.3 is 0 Å². The third-order valence-corrected chi connectivity index (χ3v) is 3.25. The summed E-state index contributed by atoms with van der Waals surface area (Å²) < 4.78 is 5.50. The molecule has 0 fully saturated rings. The number of ether oxygens (including phenoxy) is 1. The Labute approximate surface area is 147 Å². The van der Waals surface area contributed by atoms with Crippen molar-refractivity contribution in [2.75, 3.05) is 29.1 Å². The lowest BCUT2D eigenvalue weighted by Gasteiger charge is -2.10. The van der Waals surface area contributed by atoms with Crippen LogP contribution in [0.1, 0.15) is 20.3 Å². The van der Waals surface area contributed by atoms with E-state index in [9.17, 15) is 9.59 Å². The van der Waals surface area contributed by atoms with Crippen LogP contribution in [0.5, 0.6) is 5.75 Å². The van der Waals surface area contributed by atoms with Crippen LogP contribution in [0, 0.1) is 0 Å². The van der Waals surface area contributed by atoms with Crippen molar-refractivity contribution in [3.8, 4) is 5.75 Å². The average Bonchev–Trinajstić information content (AvgIpc) is 2.59. The van der Waals surface area contributed by atoms with Crippen LogP contribution in [-0.2, 0) is 9.59 Å². The van der Waals surface area contributed by atoms with Crippen LogP contribution in [0.25, 0.3) is 0 Å². The van der Waals surface area contributed by atoms with E-state index < -0.39 is 0 Å². The fraction of sp³-hybridized carbons (Fsp3) is 0.263. The summed E-state index contributed by atoms with van der Waals surface area (Å²) in [7, 11) is 0. The quantitative estimate of drug-likeness (QED) is 0.687.